The van der Waals surface area contributed by atoms with Crippen molar-refractivity contribution in [3.8, 4) is 0 Å². The van der Waals surface area contributed by atoms with Crippen LogP contribution in [0.25, 0.3) is 0 Å². The molecule has 0 bridgehead atoms. The van der Waals surface area contributed by atoms with Gasteiger partial charge in [0.05, 0.1) is 12.7 Å². The van der Waals surface area contributed by atoms with Crippen LogP contribution in [0, 0.1) is 0 Å². The van der Waals surface area contributed by atoms with Crippen molar-refractivity contribution in [2.24, 2.45) is 5.73 Å². The third-order valence-electron chi connectivity index (χ3n) is 3.12. The van der Waals surface area contributed by atoms with Gasteiger partial charge in [0, 0.05) is 39.4 Å². The maximum Gasteiger partial charge on any atom is 0.0599 e. The fourth-order valence-corrected chi connectivity index (χ4v) is 2.14. The van der Waals surface area contributed by atoms with Gasteiger partial charge in [0.25, 0.3) is 0 Å². The first kappa shape index (κ1) is 12.9. The van der Waals surface area contributed by atoms with E-state index in [2.05, 4.69) is 4.90 Å². The van der Waals surface area contributed by atoms with Crippen molar-refractivity contribution < 1.29 is 9.47 Å². The molecule has 1 saturated heterocycles. The Morgan fingerprint density at radius 1 is 1.47 bits per heavy atom. The Bertz CT molecular complexity index is 165. The van der Waals surface area contributed by atoms with Crippen LogP contribution in [0.15, 0.2) is 0 Å². The predicted octanol–water partition coefficient (Wildman–Crippen LogP) is 0.461. The van der Waals surface area contributed by atoms with Crippen molar-refractivity contribution in [3.05, 3.63) is 0 Å². The second-order valence-electron chi connectivity index (χ2n) is 4.00. The van der Waals surface area contributed by atoms with Crippen molar-refractivity contribution in [2.75, 3.05) is 40.0 Å². The fourth-order valence-electron chi connectivity index (χ4n) is 2.14. The van der Waals surface area contributed by atoms with Crippen LogP contribution in [0.3, 0.4) is 0 Å². The van der Waals surface area contributed by atoms with Crippen LogP contribution in [0.1, 0.15) is 19.8 Å². The van der Waals surface area contributed by atoms with Crippen LogP contribution in [-0.2, 0) is 9.47 Å². The maximum absolute atomic E-state index is 5.78. The number of likely N-dealkylation sites (tertiary alicyclic amines) is 1. The van der Waals surface area contributed by atoms with Gasteiger partial charge in [0.1, 0.15) is 0 Å². The van der Waals surface area contributed by atoms with Crippen molar-refractivity contribution in [3.63, 3.8) is 0 Å². The van der Waals surface area contributed by atoms with Crippen LogP contribution in [0.4, 0.5) is 0 Å². The molecular weight excluding hydrogens is 192 g/mol. The van der Waals surface area contributed by atoms with Gasteiger partial charge in [-0.1, -0.05) is 0 Å². The molecule has 0 radical (unpaired) electrons. The Morgan fingerprint density at radius 3 is 2.87 bits per heavy atom. The Balaban J connectivity index is 2.30. The standard InChI is InChI=1S/C11H24N2O2/c1-3-15-7-6-13-5-4-11(14-2)8-10(13)9-12/h10-11H,3-9,12H2,1-2H3. The summed E-state index contributed by atoms with van der Waals surface area (Å²) < 4.78 is 10.8. The Morgan fingerprint density at radius 2 is 2.27 bits per heavy atom. The van der Waals surface area contributed by atoms with Gasteiger partial charge in [0.15, 0.2) is 0 Å². The normalized spacial score (nSPS) is 28.2. The van der Waals surface area contributed by atoms with E-state index in [1.165, 1.54) is 0 Å². The van der Waals surface area contributed by atoms with Gasteiger partial charge in [-0.15, -0.1) is 0 Å². The number of rotatable bonds is 6. The first-order chi connectivity index (χ1) is 7.31. The Kier molecular flexibility index (Phi) is 6.17. The summed E-state index contributed by atoms with van der Waals surface area (Å²) in [4.78, 5) is 2.42. The zero-order valence-electron chi connectivity index (χ0n) is 9.95. The van der Waals surface area contributed by atoms with Crippen LogP contribution >= 0.6 is 0 Å². The van der Waals surface area contributed by atoms with Gasteiger partial charge in [-0.05, 0) is 19.8 Å². The van der Waals surface area contributed by atoms with Crippen molar-refractivity contribution in [2.45, 2.75) is 31.9 Å². The summed E-state index contributed by atoms with van der Waals surface area (Å²) in [5.74, 6) is 0. The fraction of sp³-hybridized carbons (Fsp3) is 1.00. The average molecular weight is 216 g/mol. The first-order valence-corrected chi connectivity index (χ1v) is 5.86. The molecule has 0 aromatic rings. The lowest BCUT2D eigenvalue weighted by Crippen LogP contribution is -2.49. The molecule has 4 heteroatoms. The van der Waals surface area contributed by atoms with E-state index in [1.807, 2.05) is 6.92 Å². The molecule has 2 atom stereocenters. The van der Waals surface area contributed by atoms with Crippen molar-refractivity contribution in [1.82, 2.24) is 4.90 Å². The molecule has 90 valence electrons. The van der Waals surface area contributed by atoms with E-state index in [9.17, 15) is 0 Å². The van der Waals surface area contributed by atoms with E-state index in [0.717, 1.165) is 39.1 Å². The molecule has 1 rings (SSSR count). The highest BCUT2D eigenvalue weighted by Crippen LogP contribution is 2.18. The zero-order valence-corrected chi connectivity index (χ0v) is 9.95. The second-order valence-corrected chi connectivity index (χ2v) is 4.00. The van der Waals surface area contributed by atoms with Crippen LogP contribution in [0.5, 0.6) is 0 Å². The first-order valence-electron chi connectivity index (χ1n) is 5.86. The van der Waals surface area contributed by atoms with Gasteiger partial charge >= 0.3 is 0 Å². The van der Waals surface area contributed by atoms with Crippen LogP contribution in [-0.4, -0.2) is 57.0 Å². The minimum Gasteiger partial charge on any atom is -0.381 e. The number of nitrogens with two attached hydrogens (primary N) is 1. The summed E-state index contributed by atoms with van der Waals surface area (Å²) in [5.41, 5.74) is 5.78. The van der Waals surface area contributed by atoms with E-state index in [1.54, 1.807) is 7.11 Å². The largest absolute Gasteiger partial charge is 0.381 e. The number of methoxy groups -OCH3 is 1. The molecule has 1 aliphatic rings. The molecule has 2 unspecified atom stereocenters. The zero-order chi connectivity index (χ0) is 11.1. The van der Waals surface area contributed by atoms with Gasteiger partial charge < -0.3 is 15.2 Å². The number of piperidine rings is 1. The van der Waals surface area contributed by atoms with Crippen molar-refractivity contribution >= 4 is 0 Å². The molecule has 4 nitrogen and oxygen atoms in total. The van der Waals surface area contributed by atoms with E-state index < -0.39 is 0 Å². The minimum atomic E-state index is 0.391. The topological polar surface area (TPSA) is 47.7 Å². The van der Waals surface area contributed by atoms with Gasteiger partial charge in [-0.3, -0.25) is 4.90 Å². The lowest BCUT2D eigenvalue weighted by Gasteiger charge is -2.38. The maximum atomic E-state index is 5.78. The predicted molar refractivity (Wildman–Crippen MR) is 60.9 cm³/mol. The van der Waals surface area contributed by atoms with Gasteiger partial charge in [0.2, 0.25) is 0 Å². The quantitative estimate of drug-likeness (QED) is 0.655. The second kappa shape index (κ2) is 7.17. The molecule has 0 aromatic heterocycles. The molecular formula is C11H24N2O2. The molecule has 0 aromatic carbocycles. The molecule has 0 spiro atoms. The Hall–Kier alpha value is -0.160. The van der Waals surface area contributed by atoms with Crippen LogP contribution in [0.2, 0.25) is 0 Å². The molecule has 15 heavy (non-hydrogen) atoms. The highest BCUT2D eigenvalue weighted by Gasteiger charge is 2.26. The van der Waals surface area contributed by atoms with E-state index >= 15 is 0 Å². The summed E-state index contributed by atoms with van der Waals surface area (Å²) in [6.07, 6.45) is 2.56. The van der Waals surface area contributed by atoms with Crippen LogP contribution < -0.4 is 5.73 Å². The third-order valence-corrected chi connectivity index (χ3v) is 3.12. The molecule has 0 saturated carbocycles. The lowest BCUT2D eigenvalue weighted by atomic mass is 9.99. The lowest BCUT2D eigenvalue weighted by molar-refractivity contribution is 0.00211. The number of hydrogen-bond donors (Lipinski definition) is 1. The SMILES string of the molecule is CCOCCN1CCC(OC)CC1CN. The number of ether oxygens (including phenoxy) is 2. The number of nitrogens with zero attached hydrogens (tertiary/aromatic N) is 1. The minimum absolute atomic E-state index is 0.391. The smallest absolute Gasteiger partial charge is 0.0599 e. The molecule has 1 fully saturated rings. The summed E-state index contributed by atoms with van der Waals surface area (Å²) in [5, 5.41) is 0. The van der Waals surface area contributed by atoms with Crippen molar-refractivity contribution in [1.29, 1.82) is 0 Å². The molecule has 0 amide bonds. The summed E-state index contributed by atoms with van der Waals surface area (Å²) >= 11 is 0. The highest BCUT2D eigenvalue weighted by atomic mass is 16.5. The Labute approximate surface area is 92.7 Å². The highest BCUT2D eigenvalue weighted by molar-refractivity contribution is 4.82. The number of hydrogen-bond acceptors (Lipinski definition) is 4. The third kappa shape index (κ3) is 4.07. The van der Waals surface area contributed by atoms with E-state index in [4.69, 9.17) is 15.2 Å². The van der Waals surface area contributed by atoms with E-state index in [0.29, 0.717) is 18.7 Å². The molecule has 1 aliphatic heterocycles. The molecule has 1 heterocycles. The molecule has 0 aliphatic carbocycles. The average Bonchev–Trinajstić information content (AvgIpc) is 2.29. The van der Waals surface area contributed by atoms with Gasteiger partial charge in [-0.25, -0.2) is 0 Å². The van der Waals surface area contributed by atoms with E-state index in [-0.39, 0.29) is 0 Å². The summed E-state index contributed by atoms with van der Waals surface area (Å²) in [6, 6.07) is 0.462. The molecule has 2 N–H and O–H groups in total. The summed E-state index contributed by atoms with van der Waals surface area (Å²) in [6.45, 7) is 6.41. The van der Waals surface area contributed by atoms with Gasteiger partial charge in [-0.2, -0.15) is 0 Å². The monoisotopic (exact) mass is 216 g/mol. The summed E-state index contributed by atoms with van der Waals surface area (Å²) in [7, 11) is 1.79.